The molecular weight excluding hydrogens is 163 g/mol. The van der Waals surface area contributed by atoms with Gasteiger partial charge in [0, 0.05) is 0 Å². The Morgan fingerprint density at radius 3 is 2.92 bits per heavy atom. The Bertz CT molecular complexity index is 314. The van der Waals surface area contributed by atoms with Crippen LogP contribution in [-0.4, -0.2) is 9.91 Å². The van der Waals surface area contributed by atoms with Crippen LogP contribution in [0.1, 0.15) is 12.6 Å². The number of hydrogen-bond donors (Lipinski definition) is 0. The van der Waals surface area contributed by atoms with Crippen LogP contribution in [0.15, 0.2) is 12.3 Å². The van der Waals surface area contributed by atoms with Crippen LogP contribution in [0.4, 0.5) is 10.1 Å². The summed E-state index contributed by atoms with van der Waals surface area (Å²) in [5.74, 6) is -0.682. The molecule has 0 fully saturated rings. The Labute approximate surface area is 68.2 Å². The van der Waals surface area contributed by atoms with Crippen molar-refractivity contribution in [3.05, 3.63) is 33.9 Å². The molecule has 0 unspecified atom stereocenters. The molecule has 0 spiro atoms. The van der Waals surface area contributed by atoms with Gasteiger partial charge in [0.15, 0.2) is 0 Å². The van der Waals surface area contributed by atoms with E-state index < -0.39 is 10.7 Å². The van der Waals surface area contributed by atoms with Crippen LogP contribution in [0.3, 0.4) is 0 Å². The summed E-state index contributed by atoms with van der Waals surface area (Å²) in [6, 6.07) is 0.881. The van der Waals surface area contributed by atoms with Gasteiger partial charge in [0.05, 0.1) is 17.2 Å². The molecule has 5 heteroatoms. The summed E-state index contributed by atoms with van der Waals surface area (Å²) < 4.78 is 12.5. The number of nitrogens with zero attached hydrogens (tertiary/aromatic N) is 2. The van der Waals surface area contributed by atoms with Gasteiger partial charge in [-0.05, 0) is 6.42 Å². The minimum atomic E-state index is -0.682. The summed E-state index contributed by atoms with van der Waals surface area (Å²) in [6.45, 7) is 1.73. The lowest BCUT2D eigenvalue weighted by molar-refractivity contribution is -0.386. The highest BCUT2D eigenvalue weighted by Crippen LogP contribution is 2.16. The van der Waals surface area contributed by atoms with Crippen molar-refractivity contribution in [2.45, 2.75) is 13.3 Å². The van der Waals surface area contributed by atoms with Crippen molar-refractivity contribution in [1.29, 1.82) is 0 Å². The van der Waals surface area contributed by atoms with E-state index in [1.54, 1.807) is 6.92 Å². The van der Waals surface area contributed by atoms with E-state index in [1.807, 2.05) is 0 Å². The van der Waals surface area contributed by atoms with Crippen molar-refractivity contribution in [3.8, 4) is 0 Å². The van der Waals surface area contributed by atoms with Gasteiger partial charge in [0.2, 0.25) is 0 Å². The van der Waals surface area contributed by atoms with Gasteiger partial charge in [0.1, 0.15) is 11.5 Å². The van der Waals surface area contributed by atoms with Gasteiger partial charge < -0.3 is 0 Å². The zero-order valence-electron chi connectivity index (χ0n) is 6.45. The fraction of sp³-hybridized carbons (Fsp3) is 0.286. The number of nitro groups is 1. The number of rotatable bonds is 2. The molecule has 0 aliphatic heterocycles. The average Bonchev–Trinajstić information content (AvgIpc) is 2.04. The molecule has 4 nitrogen and oxygen atoms in total. The van der Waals surface area contributed by atoms with Gasteiger partial charge in [-0.1, -0.05) is 6.92 Å². The van der Waals surface area contributed by atoms with Gasteiger partial charge >= 0.3 is 0 Å². The Hall–Kier alpha value is -1.52. The maximum Gasteiger partial charge on any atom is 0.293 e. The van der Waals surface area contributed by atoms with Crippen molar-refractivity contribution in [3.63, 3.8) is 0 Å². The lowest BCUT2D eigenvalue weighted by Crippen LogP contribution is -1.97. The first kappa shape index (κ1) is 8.58. The highest BCUT2D eigenvalue weighted by molar-refractivity contribution is 5.34. The number of aromatic nitrogens is 1. The van der Waals surface area contributed by atoms with Crippen LogP contribution >= 0.6 is 0 Å². The summed E-state index contributed by atoms with van der Waals surface area (Å²) in [5, 5.41) is 10.3. The number of halogens is 1. The second kappa shape index (κ2) is 3.25. The number of aryl methyl sites for hydroxylation is 1. The van der Waals surface area contributed by atoms with Crippen molar-refractivity contribution >= 4 is 5.69 Å². The predicted molar refractivity (Wildman–Crippen MR) is 40.2 cm³/mol. The first-order valence-electron chi connectivity index (χ1n) is 3.44. The highest BCUT2D eigenvalue weighted by Gasteiger charge is 2.14. The third-order valence-electron chi connectivity index (χ3n) is 1.45. The summed E-state index contributed by atoms with van der Waals surface area (Å²) >= 11 is 0. The van der Waals surface area contributed by atoms with Crippen LogP contribution in [0.5, 0.6) is 0 Å². The summed E-state index contributed by atoms with van der Waals surface area (Å²) in [4.78, 5) is 13.3. The molecule has 0 atom stereocenters. The molecule has 1 aromatic rings. The Balaban J connectivity index is 3.21. The van der Waals surface area contributed by atoms with Gasteiger partial charge in [-0.3, -0.25) is 15.1 Å². The van der Waals surface area contributed by atoms with E-state index in [0.29, 0.717) is 12.1 Å². The molecule has 0 amide bonds. The van der Waals surface area contributed by atoms with Crippen LogP contribution in [0, 0.1) is 15.9 Å². The Morgan fingerprint density at radius 1 is 1.75 bits per heavy atom. The quantitative estimate of drug-likeness (QED) is 0.501. The molecular formula is C7H7FN2O2. The Morgan fingerprint density at radius 2 is 2.42 bits per heavy atom. The van der Waals surface area contributed by atoms with E-state index in [2.05, 4.69) is 4.98 Å². The Kier molecular flexibility index (Phi) is 2.32. The van der Waals surface area contributed by atoms with Gasteiger partial charge in [-0.2, -0.15) is 0 Å². The highest BCUT2D eigenvalue weighted by atomic mass is 19.1. The molecule has 0 aliphatic rings. The van der Waals surface area contributed by atoms with E-state index in [0.717, 1.165) is 12.3 Å². The molecule has 64 valence electrons. The molecule has 1 aromatic heterocycles. The van der Waals surface area contributed by atoms with Gasteiger partial charge in [-0.25, -0.2) is 4.39 Å². The standard InChI is InChI=1S/C7H7FN2O2/c1-2-6-7(10(11)12)3-5(8)4-9-6/h3-4H,2H2,1H3. The fourth-order valence-electron chi connectivity index (χ4n) is 0.887. The first-order chi connectivity index (χ1) is 5.65. The van der Waals surface area contributed by atoms with Gasteiger partial charge in [0.25, 0.3) is 5.69 Å². The minimum absolute atomic E-state index is 0.252. The van der Waals surface area contributed by atoms with E-state index >= 15 is 0 Å². The fourth-order valence-corrected chi connectivity index (χ4v) is 0.887. The van der Waals surface area contributed by atoms with Crippen molar-refractivity contribution in [2.24, 2.45) is 0 Å². The van der Waals surface area contributed by atoms with E-state index in [-0.39, 0.29) is 5.69 Å². The second-order valence-electron chi connectivity index (χ2n) is 2.23. The topological polar surface area (TPSA) is 56.0 Å². The predicted octanol–water partition coefficient (Wildman–Crippen LogP) is 1.69. The van der Waals surface area contributed by atoms with Crippen molar-refractivity contribution in [1.82, 2.24) is 4.98 Å². The molecule has 0 saturated carbocycles. The van der Waals surface area contributed by atoms with E-state index in [1.165, 1.54) is 0 Å². The molecule has 0 radical (unpaired) electrons. The largest absolute Gasteiger partial charge is 0.293 e. The smallest absolute Gasteiger partial charge is 0.258 e. The lowest BCUT2D eigenvalue weighted by Gasteiger charge is -1.97. The zero-order chi connectivity index (χ0) is 9.14. The summed E-state index contributed by atoms with van der Waals surface area (Å²) in [7, 11) is 0. The van der Waals surface area contributed by atoms with Gasteiger partial charge in [-0.15, -0.1) is 0 Å². The van der Waals surface area contributed by atoms with Crippen LogP contribution in [0.2, 0.25) is 0 Å². The van der Waals surface area contributed by atoms with Crippen LogP contribution in [-0.2, 0) is 6.42 Å². The second-order valence-corrected chi connectivity index (χ2v) is 2.23. The third-order valence-corrected chi connectivity index (χ3v) is 1.45. The van der Waals surface area contributed by atoms with E-state index in [9.17, 15) is 14.5 Å². The molecule has 12 heavy (non-hydrogen) atoms. The summed E-state index contributed by atoms with van der Waals surface area (Å²) in [6.07, 6.45) is 1.41. The molecule has 1 rings (SSSR count). The average molecular weight is 170 g/mol. The number of hydrogen-bond acceptors (Lipinski definition) is 3. The molecule has 0 aromatic carbocycles. The van der Waals surface area contributed by atoms with Crippen LogP contribution < -0.4 is 0 Å². The SMILES string of the molecule is CCc1ncc(F)cc1[N+](=O)[O-]. The monoisotopic (exact) mass is 170 g/mol. The molecule has 0 aliphatic carbocycles. The molecule has 1 heterocycles. The van der Waals surface area contributed by atoms with E-state index in [4.69, 9.17) is 0 Å². The molecule has 0 saturated heterocycles. The number of pyridine rings is 1. The maximum absolute atomic E-state index is 12.5. The van der Waals surface area contributed by atoms with Crippen molar-refractivity contribution in [2.75, 3.05) is 0 Å². The maximum atomic E-state index is 12.5. The molecule has 0 bridgehead atoms. The van der Waals surface area contributed by atoms with Crippen LogP contribution in [0.25, 0.3) is 0 Å². The lowest BCUT2D eigenvalue weighted by atomic mass is 10.2. The zero-order valence-corrected chi connectivity index (χ0v) is 6.45. The summed E-state index contributed by atoms with van der Waals surface area (Å²) in [5.41, 5.74) is 0.0545. The third kappa shape index (κ3) is 1.55. The minimum Gasteiger partial charge on any atom is -0.258 e. The normalized spacial score (nSPS) is 9.83. The first-order valence-corrected chi connectivity index (χ1v) is 3.44. The molecule has 0 N–H and O–H groups in total. The van der Waals surface area contributed by atoms with Crippen molar-refractivity contribution < 1.29 is 9.31 Å².